The van der Waals surface area contributed by atoms with Crippen molar-refractivity contribution in [3.63, 3.8) is 0 Å². The van der Waals surface area contributed by atoms with Crippen molar-refractivity contribution in [3.8, 4) is 5.75 Å². The van der Waals surface area contributed by atoms with Gasteiger partial charge >= 0.3 is 0 Å². The molecule has 0 fully saturated rings. The lowest BCUT2D eigenvalue weighted by Gasteiger charge is -2.05. The lowest BCUT2D eigenvalue weighted by Crippen LogP contribution is -2.85. The zero-order valence-corrected chi connectivity index (χ0v) is 9.36. The molecule has 3 nitrogen and oxygen atoms in total. The van der Waals surface area contributed by atoms with Crippen LogP contribution in [0.3, 0.4) is 0 Å². The maximum Gasteiger partial charge on any atom is 0.123 e. The maximum atomic E-state index is 12.6. The van der Waals surface area contributed by atoms with Gasteiger partial charge in [0.15, 0.2) is 0 Å². The van der Waals surface area contributed by atoms with Crippen LogP contribution in [0.25, 0.3) is 0 Å². The molecule has 0 saturated carbocycles. The Morgan fingerprint density at radius 3 is 2.56 bits per heavy atom. The third-order valence-corrected chi connectivity index (χ3v) is 2.22. The van der Waals surface area contributed by atoms with Gasteiger partial charge in [0.05, 0.1) is 26.3 Å². The smallest absolute Gasteiger partial charge is 0.123 e. The number of ether oxygens (including phenoxy) is 1. The molecule has 0 aliphatic heterocycles. The summed E-state index contributed by atoms with van der Waals surface area (Å²) in [5, 5.41) is 10.6. The highest BCUT2D eigenvalue weighted by molar-refractivity contribution is 5.21. The van der Waals surface area contributed by atoms with E-state index >= 15 is 0 Å². The van der Waals surface area contributed by atoms with Gasteiger partial charge in [0.2, 0.25) is 0 Å². The number of aliphatic hydroxyl groups excluding tert-OH is 1. The van der Waals surface area contributed by atoms with Crippen molar-refractivity contribution in [3.05, 3.63) is 30.1 Å². The van der Waals surface area contributed by atoms with Crippen molar-refractivity contribution in [2.75, 3.05) is 26.3 Å². The molecule has 0 aromatic heterocycles. The molecule has 1 aromatic carbocycles. The molecule has 90 valence electrons. The fourth-order valence-corrected chi connectivity index (χ4v) is 1.35. The van der Waals surface area contributed by atoms with Gasteiger partial charge in [-0.3, -0.25) is 0 Å². The third-order valence-electron chi connectivity index (χ3n) is 2.22. The summed E-state index contributed by atoms with van der Waals surface area (Å²) in [5.74, 6) is 0.465. The zero-order chi connectivity index (χ0) is 11.6. The van der Waals surface area contributed by atoms with Gasteiger partial charge in [-0.15, -0.1) is 0 Å². The van der Waals surface area contributed by atoms with Gasteiger partial charge < -0.3 is 15.2 Å². The van der Waals surface area contributed by atoms with Gasteiger partial charge in [0.25, 0.3) is 0 Å². The van der Waals surface area contributed by atoms with E-state index in [-0.39, 0.29) is 12.4 Å². The molecule has 0 atom stereocenters. The van der Waals surface area contributed by atoms with Crippen molar-refractivity contribution < 1.29 is 19.6 Å². The minimum absolute atomic E-state index is 0.228. The summed E-state index contributed by atoms with van der Waals surface area (Å²) in [6, 6.07) is 6.05. The quantitative estimate of drug-likeness (QED) is 0.638. The highest BCUT2D eigenvalue weighted by Crippen LogP contribution is 2.11. The van der Waals surface area contributed by atoms with E-state index in [9.17, 15) is 4.39 Å². The normalized spacial score (nSPS) is 10.4. The van der Waals surface area contributed by atoms with E-state index in [0.29, 0.717) is 12.4 Å². The second-order valence-electron chi connectivity index (χ2n) is 3.60. The van der Waals surface area contributed by atoms with E-state index in [4.69, 9.17) is 9.84 Å². The Labute approximate surface area is 95.2 Å². The Bertz CT molecular complexity index is 277. The Morgan fingerprint density at radius 2 is 1.88 bits per heavy atom. The summed E-state index contributed by atoms with van der Waals surface area (Å²) in [7, 11) is 0. The number of hydrogen-bond acceptors (Lipinski definition) is 2. The monoisotopic (exact) mass is 228 g/mol. The molecular formula is C12H19FNO2+. The zero-order valence-electron chi connectivity index (χ0n) is 9.36. The third kappa shape index (κ3) is 5.68. The Morgan fingerprint density at radius 1 is 1.12 bits per heavy atom. The van der Waals surface area contributed by atoms with Gasteiger partial charge in [-0.2, -0.15) is 0 Å². The lowest BCUT2D eigenvalue weighted by molar-refractivity contribution is -0.656. The SMILES string of the molecule is OCC[NH2+]CCCCOc1ccc(F)cc1. The van der Waals surface area contributed by atoms with Gasteiger partial charge in [-0.1, -0.05) is 0 Å². The van der Waals surface area contributed by atoms with Crippen LogP contribution in [0.1, 0.15) is 12.8 Å². The molecule has 0 saturated heterocycles. The highest BCUT2D eigenvalue weighted by Gasteiger charge is 1.95. The van der Waals surface area contributed by atoms with Crippen LogP contribution in [-0.4, -0.2) is 31.4 Å². The molecule has 0 unspecified atom stereocenters. The number of unbranched alkanes of at least 4 members (excludes halogenated alkanes) is 1. The van der Waals surface area contributed by atoms with E-state index in [2.05, 4.69) is 5.32 Å². The van der Waals surface area contributed by atoms with Gasteiger partial charge in [0, 0.05) is 0 Å². The molecule has 0 heterocycles. The van der Waals surface area contributed by atoms with Crippen LogP contribution in [0.2, 0.25) is 0 Å². The molecule has 16 heavy (non-hydrogen) atoms. The second-order valence-corrected chi connectivity index (χ2v) is 3.60. The molecule has 3 N–H and O–H groups in total. The first-order valence-corrected chi connectivity index (χ1v) is 5.64. The molecule has 1 aromatic rings. The van der Waals surface area contributed by atoms with Crippen molar-refractivity contribution in [2.24, 2.45) is 0 Å². The van der Waals surface area contributed by atoms with E-state index in [0.717, 1.165) is 25.9 Å². The molecule has 0 aliphatic carbocycles. The average molecular weight is 228 g/mol. The standard InChI is InChI=1S/C12H18FNO2/c13-11-3-5-12(6-4-11)16-10-2-1-7-14-8-9-15/h3-6,14-15H,1-2,7-10H2/p+1. The Balaban J connectivity index is 2.01. The predicted octanol–water partition coefficient (Wildman–Crippen LogP) is 0.540. The predicted molar refractivity (Wildman–Crippen MR) is 59.9 cm³/mol. The molecule has 4 heteroatoms. The first-order chi connectivity index (χ1) is 7.83. The summed E-state index contributed by atoms with van der Waals surface area (Å²) >= 11 is 0. The van der Waals surface area contributed by atoms with Crippen molar-refractivity contribution in [1.82, 2.24) is 0 Å². The van der Waals surface area contributed by atoms with Crippen LogP contribution in [0.15, 0.2) is 24.3 Å². The number of rotatable bonds is 8. The molecular weight excluding hydrogens is 209 g/mol. The topological polar surface area (TPSA) is 46.1 Å². The molecule has 0 aliphatic rings. The number of quaternary nitrogens is 1. The minimum atomic E-state index is -0.244. The summed E-state index contributed by atoms with van der Waals surface area (Å²) in [6.07, 6.45) is 2.03. The fraction of sp³-hybridized carbons (Fsp3) is 0.500. The van der Waals surface area contributed by atoms with Crippen molar-refractivity contribution in [2.45, 2.75) is 12.8 Å². The second kappa shape index (κ2) is 8.07. The number of halogens is 1. The maximum absolute atomic E-state index is 12.6. The van der Waals surface area contributed by atoms with Crippen molar-refractivity contribution in [1.29, 1.82) is 0 Å². The van der Waals surface area contributed by atoms with Crippen LogP contribution in [0.4, 0.5) is 4.39 Å². The summed E-state index contributed by atoms with van der Waals surface area (Å²) in [5.41, 5.74) is 0. The molecule has 0 spiro atoms. The van der Waals surface area contributed by atoms with Crippen molar-refractivity contribution >= 4 is 0 Å². The van der Waals surface area contributed by atoms with E-state index in [1.165, 1.54) is 12.1 Å². The van der Waals surface area contributed by atoms with Crippen LogP contribution in [-0.2, 0) is 0 Å². The Hall–Kier alpha value is -1.13. The van der Waals surface area contributed by atoms with Crippen LogP contribution in [0, 0.1) is 5.82 Å². The molecule has 1 rings (SSSR count). The van der Waals surface area contributed by atoms with Crippen LogP contribution in [0.5, 0.6) is 5.75 Å². The van der Waals surface area contributed by atoms with E-state index in [1.54, 1.807) is 12.1 Å². The number of hydrogen-bond donors (Lipinski definition) is 2. The lowest BCUT2D eigenvalue weighted by atomic mass is 10.3. The molecule has 0 bridgehead atoms. The number of aliphatic hydroxyl groups is 1. The van der Waals surface area contributed by atoms with E-state index in [1.807, 2.05) is 0 Å². The Kier molecular flexibility index (Phi) is 6.53. The fourth-order valence-electron chi connectivity index (χ4n) is 1.35. The van der Waals surface area contributed by atoms with Crippen LogP contribution >= 0.6 is 0 Å². The first-order valence-electron chi connectivity index (χ1n) is 5.64. The largest absolute Gasteiger partial charge is 0.494 e. The summed E-state index contributed by atoms with van der Waals surface area (Å²) < 4.78 is 18.0. The number of nitrogens with two attached hydrogens (primary N) is 1. The van der Waals surface area contributed by atoms with Gasteiger partial charge in [-0.05, 0) is 37.1 Å². The first kappa shape index (κ1) is 12.9. The van der Waals surface area contributed by atoms with Gasteiger partial charge in [-0.25, -0.2) is 4.39 Å². The van der Waals surface area contributed by atoms with Gasteiger partial charge in [0.1, 0.15) is 11.6 Å². The summed E-state index contributed by atoms with van der Waals surface area (Å²) in [6.45, 7) is 2.65. The number of benzene rings is 1. The molecule has 0 amide bonds. The van der Waals surface area contributed by atoms with E-state index < -0.39 is 0 Å². The molecule has 0 radical (unpaired) electrons. The van der Waals surface area contributed by atoms with Crippen LogP contribution < -0.4 is 10.1 Å². The average Bonchev–Trinajstić information content (AvgIpc) is 2.30. The summed E-state index contributed by atoms with van der Waals surface area (Å²) in [4.78, 5) is 0. The minimum Gasteiger partial charge on any atom is -0.494 e. The highest BCUT2D eigenvalue weighted by atomic mass is 19.1.